The van der Waals surface area contributed by atoms with Crippen molar-refractivity contribution < 1.29 is 13.2 Å². The van der Waals surface area contributed by atoms with Crippen molar-refractivity contribution in [2.45, 2.75) is 58.0 Å². The number of sulfonamides is 1. The fourth-order valence-electron chi connectivity index (χ4n) is 5.77. The first-order valence-corrected chi connectivity index (χ1v) is 14.9. The Morgan fingerprint density at radius 2 is 1.89 bits per heavy atom. The van der Waals surface area contributed by atoms with Gasteiger partial charge in [-0.15, -0.1) is 0 Å². The summed E-state index contributed by atoms with van der Waals surface area (Å²) < 4.78 is 29.2. The molecule has 9 nitrogen and oxygen atoms in total. The first-order chi connectivity index (χ1) is 17.5. The Hall–Kier alpha value is -2.98. The lowest BCUT2D eigenvalue weighted by Crippen LogP contribution is -2.56. The maximum Gasteiger partial charge on any atom is 0.248 e. The average molecular weight is 525 g/mol. The third kappa shape index (κ3) is 5.09. The van der Waals surface area contributed by atoms with Crippen LogP contribution in [0.4, 0.5) is 5.82 Å². The molecular formula is C27H36N6O3S. The predicted molar refractivity (Wildman–Crippen MR) is 144 cm³/mol. The molecule has 5 rings (SSSR count). The Morgan fingerprint density at radius 3 is 2.57 bits per heavy atom. The van der Waals surface area contributed by atoms with Crippen molar-refractivity contribution in [3.8, 4) is 0 Å². The van der Waals surface area contributed by atoms with Crippen LogP contribution in [0.2, 0.25) is 0 Å². The maximum absolute atomic E-state index is 14.2. The van der Waals surface area contributed by atoms with Gasteiger partial charge in [0.2, 0.25) is 15.9 Å². The van der Waals surface area contributed by atoms with Gasteiger partial charge in [0, 0.05) is 37.5 Å². The quantitative estimate of drug-likeness (QED) is 0.531. The molecule has 0 aliphatic carbocycles. The van der Waals surface area contributed by atoms with E-state index in [-0.39, 0.29) is 11.9 Å². The highest BCUT2D eigenvalue weighted by Gasteiger charge is 2.44. The lowest BCUT2D eigenvalue weighted by molar-refractivity contribution is -0.141. The summed E-state index contributed by atoms with van der Waals surface area (Å²) in [6.07, 6.45) is 6.84. The minimum absolute atomic E-state index is 0.261. The molecule has 2 aliphatic heterocycles. The number of nitrogens with one attached hydrogen (secondary N) is 1. The van der Waals surface area contributed by atoms with Crippen LogP contribution in [0.1, 0.15) is 62.4 Å². The highest BCUT2D eigenvalue weighted by molar-refractivity contribution is 7.88. The molecule has 2 aliphatic rings. The molecule has 3 atom stereocenters. The van der Waals surface area contributed by atoms with Crippen molar-refractivity contribution in [2.24, 2.45) is 5.92 Å². The summed E-state index contributed by atoms with van der Waals surface area (Å²) in [4.78, 5) is 23.2. The smallest absolute Gasteiger partial charge is 0.248 e. The number of anilines is 1. The van der Waals surface area contributed by atoms with Crippen LogP contribution in [0, 0.1) is 12.8 Å². The number of likely N-dealkylation sites (tertiary alicyclic amines) is 1. The molecule has 0 spiro atoms. The summed E-state index contributed by atoms with van der Waals surface area (Å²) in [7, 11) is -3.67. The van der Waals surface area contributed by atoms with Crippen LogP contribution in [0.5, 0.6) is 0 Å². The van der Waals surface area contributed by atoms with Crippen LogP contribution in [0.25, 0.3) is 5.65 Å². The number of hydrogen-bond donors (Lipinski definition) is 1. The fraction of sp³-hybridized carbons (Fsp3) is 0.519. The number of hydrogen-bond acceptors (Lipinski definition) is 6. The molecule has 0 radical (unpaired) electrons. The van der Waals surface area contributed by atoms with Gasteiger partial charge >= 0.3 is 0 Å². The summed E-state index contributed by atoms with van der Waals surface area (Å²) in [5.41, 5.74) is 1.78. The van der Waals surface area contributed by atoms with Gasteiger partial charge in [-0.05, 0) is 51.0 Å². The zero-order chi connectivity index (χ0) is 26.4. The minimum atomic E-state index is -3.67. The van der Waals surface area contributed by atoms with E-state index in [1.807, 2.05) is 30.5 Å². The molecule has 0 saturated carbocycles. The fourth-order valence-corrected chi connectivity index (χ4v) is 6.71. The lowest BCUT2D eigenvalue weighted by Gasteiger charge is -2.41. The van der Waals surface area contributed by atoms with Crippen molar-refractivity contribution in [3.05, 3.63) is 59.4 Å². The first-order valence-electron chi connectivity index (χ1n) is 13.0. The van der Waals surface area contributed by atoms with E-state index >= 15 is 0 Å². The second kappa shape index (κ2) is 9.72. The normalized spacial score (nSPS) is 22.4. The van der Waals surface area contributed by atoms with E-state index in [1.54, 1.807) is 28.5 Å². The number of amides is 1. The molecule has 198 valence electrons. The zero-order valence-electron chi connectivity index (χ0n) is 22.0. The van der Waals surface area contributed by atoms with E-state index in [0.717, 1.165) is 67.8 Å². The van der Waals surface area contributed by atoms with Crippen LogP contribution in [0.3, 0.4) is 0 Å². The molecule has 1 aromatic carbocycles. The Morgan fingerprint density at radius 1 is 1.14 bits per heavy atom. The Kier molecular flexibility index (Phi) is 6.74. The number of carbonyl (C=O) groups is 1. The van der Waals surface area contributed by atoms with E-state index in [1.165, 1.54) is 0 Å². The largest absolute Gasteiger partial charge is 0.356 e. The number of piperidine rings is 1. The molecule has 2 aromatic heterocycles. The minimum Gasteiger partial charge on any atom is -0.356 e. The molecule has 2 saturated heterocycles. The van der Waals surface area contributed by atoms with Gasteiger partial charge in [0.15, 0.2) is 5.65 Å². The standard InChI is InChI=1S/C27H36N6O3S/c1-19-13-15-31(17-19)25-20(2)18-33-24(28-25)16-22(29-33)23-12-8-9-14-32(23)26(34)27(3,30-37(4,35)36)21-10-6-5-7-11-21/h5-7,10-11,16,18-19,23,30H,8-9,12-15,17H2,1-4H3/t19-,23-,27-/m0/s1. The third-order valence-electron chi connectivity index (χ3n) is 7.62. The Labute approximate surface area is 218 Å². The second-order valence-electron chi connectivity index (χ2n) is 10.8. The second-order valence-corrected chi connectivity index (χ2v) is 12.6. The number of fused-ring (bicyclic) bond motifs is 1. The van der Waals surface area contributed by atoms with Crippen LogP contribution < -0.4 is 9.62 Å². The molecule has 1 N–H and O–H groups in total. The van der Waals surface area contributed by atoms with E-state index in [9.17, 15) is 13.2 Å². The molecule has 1 amide bonds. The zero-order valence-corrected chi connectivity index (χ0v) is 22.8. The van der Waals surface area contributed by atoms with Gasteiger partial charge in [0.25, 0.3) is 0 Å². The van der Waals surface area contributed by atoms with Gasteiger partial charge in [-0.3, -0.25) is 4.79 Å². The topological polar surface area (TPSA) is 99.9 Å². The SMILES string of the molecule is Cc1cn2nc([C@@H]3CCCCN3C(=O)[C@@](C)(NS(C)(=O)=O)c3ccccc3)cc2nc1N1CC[C@H](C)C1. The van der Waals surface area contributed by atoms with Gasteiger partial charge in [-0.25, -0.2) is 17.9 Å². The molecular weight excluding hydrogens is 488 g/mol. The number of benzene rings is 1. The van der Waals surface area contributed by atoms with Crippen molar-refractivity contribution in [1.29, 1.82) is 0 Å². The molecule has 10 heteroatoms. The molecule has 0 bridgehead atoms. The van der Waals surface area contributed by atoms with Crippen LogP contribution >= 0.6 is 0 Å². The molecule has 0 unspecified atom stereocenters. The van der Waals surface area contributed by atoms with Crippen molar-refractivity contribution in [2.75, 3.05) is 30.8 Å². The van der Waals surface area contributed by atoms with E-state index in [4.69, 9.17) is 10.1 Å². The van der Waals surface area contributed by atoms with Crippen LogP contribution in [0.15, 0.2) is 42.6 Å². The number of nitrogens with zero attached hydrogens (tertiary/aromatic N) is 5. The molecule has 37 heavy (non-hydrogen) atoms. The van der Waals surface area contributed by atoms with Crippen molar-refractivity contribution in [1.82, 2.24) is 24.2 Å². The van der Waals surface area contributed by atoms with Gasteiger partial charge in [0.05, 0.1) is 18.0 Å². The summed E-state index contributed by atoms with van der Waals surface area (Å²) >= 11 is 0. The van der Waals surface area contributed by atoms with E-state index < -0.39 is 15.6 Å². The van der Waals surface area contributed by atoms with Crippen molar-refractivity contribution in [3.63, 3.8) is 0 Å². The molecule has 3 aromatic rings. The number of carbonyl (C=O) groups excluding carboxylic acids is 1. The Bertz CT molecular complexity index is 1410. The van der Waals surface area contributed by atoms with Crippen LogP contribution in [-0.2, 0) is 20.4 Å². The lowest BCUT2D eigenvalue weighted by atomic mass is 9.89. The summed E-state index contributed by atoms with van der Waals surface area (Å²) in [5.74, 6) is 1.37. The van der Waals surface area contributed by atoms with Crippen LogP contribution in [-0.4, -0.2) is 59.7 Å². The summed E-state index contributed by atoms with van der Waals surface area (Å²) in [5, 5.41) is 4.85. The maximum atomic E-state index is 14.2. The van der Waals surface area contributed by atoms with Gasteiger partial charge < -0.3 is 9.80 Å². The van der Waals surface area contributed by atoms with E-state index in [0.29, 0.717) is 18.0 Å². The van der Waals surface area contributed by atoms with Gasteiger partial charge in [0.1, 0.15) is 11.4 Å². The summed E-state index contributed by atoms with van der Waals surface area (Å²) in [6, 6.07) is 10.8. The number of aryl methyl sites for hydroxylation is 1. The number of rotatable bonds is 6. The first kappa shape index (κ1) is 25.7. The average Bonchev–Trinajstić information content (AvgIpc) is 3.48. The third-order valence-corrected chi connectivity index (χ3v) is 8.40. The molecule has 4 heterocycles. The predicted octanol–water partition coefficient (Wildman–Crippen LogP) is 3.40. The summed E-state index contributed by atoms with van der Waals surface area (Å²) in [6.45, 7) is 8.51. The molecule has 2 fully saturated rings. The highest BCUT2D eigenvalue weighted by Crippen LogP contribution is 2.36. The number of aromatic nitrogens is 3. The van der Waals surface area contributed by atoms with E-state index in [2.05, 4.69) is 23.5 Å². The highest BCUT2D eigenvalue weighted by atomic mass is 32.2. The van der Waals surface area contributed by atoms with Gasteiger partial charge in [-0.1, -0.05) is 37.3 Å². The Balaban J connectivity index is 1.51. The van der Waals surface area contributed by atoms with Gasteiger partial charge in [-0.2, -0.15) is 9.82 Å². The van der Waals surface area contributed by atoms with Crippen molar-refractivity contribution >= 4 is 27.4 Å². The monoisotopic (exact) mass is 524 g/mol.